The van der Waals surface area contributed by atoms with Crippen LogP contribution in [0.4, 0.5) is 5.69 Å². The van der Waals surface area contributed by atoms with E-state index in [9.17, 15) is 13.2 Å². The molecule has 9 heteroatoms. The minimum absolute atomic E-state index is 0.365. The molecule has 0 bridgehead atoms. The molecule has 1 N–H and O–H groups in total. The Labute approximate surface area is 152 Å². The van der Waals surface area contributed by atoms with Gasteiger partial charge in [-0.3, -0.25) is 14.1 Å². The number of anilines is 1. The standard InChI is InChI=1S/C17H20N4O4S/c1-3-25-16-6-4-15(5-7-16)21(26(2,23)24)13-17(22)20-19-12-14-8-10-18-11-9-14/h4-12H,3,13H2,1-2H3,(H,20,22)/b19-12+. The van der Waals surface area contributed by atoms with E-state index in [1.54, 1.807) is 48.8 Å². The Morgan fingerprint density at radius 2 is 1.88 bits per heavy atom. The number of nitrogens with one attached hydrogen (secondary N) is 1. The van der Waals surface area contributed by atoms with Crippen LogP contribution in [0.2, 0.25) is 0 Å². The third-order valence-electron chi connectivity index (χ3n) is 3.23. The smallest absolute Gasteiger partial charge is 0.260 e. The summed E-state index contributed by atoms with van der Waals surface area (Å²) in [4.78, 5) is 15.9. The van der Waals surface area contributed by atoms with Crippen LogP contribution in [0, 0.1) is 0 Å². The molecule has 1 aromatic heterocycles. The average Bonchev–Trinajstić information content (AvgIpc) is 2.61. The van der Waals surface area contributed by atoms with Gasteiger partial charge in [-0.05, 0) is 48.9 Å². The van der Waals surface area contributed by atoms with Crippen LogP contribution >= 0.6 is 0 Å². The number of nitrogens with zero attached hydrogens (tertiary/aromatic N) is 3. The number of carbonyl (C=O) groups is 1. The van der Waals surface area contributed by atoms with E-state index >= 15 is 0 Å². The van der Waals surface area contributed by atoms with E-state index in [0.29, 0.717) is 18.0 Å². The Morgan fingerprint density at radius 1 is 1.23 bits per heavy atom. The Hall–Kier alpha value is -2.94. The number of rotatable bonds is 8. The van der Waals surface area contributed by atoms with Gasteiger partial charge in [-0.1, -0.05) is 0 Å². The number of hydrogen-bond acceptors (Lipinski definition) is 6. The zero-order valence-electron chi connectivity index (χ0n) is 14.5. The molecule has 1 heterocycles. The van der Waals surface area contributed by atoms with Crippen molar-refractivity contribution in [3.8, 4) is 5.75 Å². The Kier molecular flexibility index (Phi) is 6.67. The summed E-state index contributed by atoms with van der Waals surface area (Å²) in [6, 6.07) is 9.91. The van der Waals surface area contributed by atoms with Crippen molar-refractivity contribution in [1.82, 2.24) is 10.4 Å². The second-order valence-corrected chi connectivity index (χ2v) is 7.18. The van der Waals surface area contributed by atoms with Gasteiger partial charge in [0.05, 0.1) is 24.8 Å². The first-order chi connectivity index (χ1) is 12.4. The molecule has 0 spiro atoms. The molecule has 0 aliphatic rings. The lowest BCUT2D eigenvalue weighted by Gasteiger charge is -2.21. The molecule has 0 saturated carbocycles. The molecule has 26 heavy (non-hydrogen) atoms. The predicted octanol–water partition coefficient (Wildman–Crippen LogP) is 1.40. The predicted molar refractivity (Wildman–Crippen MR) is 99.8 cm³/mol. The molecule has 1 aromatic carbocycles. The first kappa shape index (κ1) is 19.4. The number of ether oxygens (including phenoxy) is 1. The van der Waals surface area contributed by atoms with Crippen LogP contribution in [0.3, 0.4) is 0 Å². The van der Waals surface area contributed by atoms with Crippen molar-refractivity contribution in [2.75, 3.05) is 23.7 Å². The molecule has 0 unspecified atom stereocenters. The summed E-state index contributed by atoms with van der Waals surface area (Å²) in [6.07, 6.45) is 5.68. The first-order valence-corrected chi connectivity index (χ1v) is 9.67. The van der Waals surface area contributed by atoms with Crippen molar-refractivity contribution in [1.29, 1.82) is 0 Å². The van der Waals surface area contributed by atoms with Crippen molar-refractivity contribution < 1.29 is 17.9 Å². The highest BCUT2D eigenvalue weighted by Gasteiger charge is 2.20. The number of aromatic nitrogens is 1. The van der Waals surface area contributed by atoms with Crippen LogP contribution in [-0.2, 0) is 14.8 Å². The van der Waals surface area contributed by atoms with E-state index in [0.717, 1.165) is 16.1 Å². The minimum Gasteiger partial charge on any atom is -0.494 e. The Morgan fingerprint density at radius 3 is 2.46 bits per heavy atom. The van der Waals surface area contributed by atoms with Crippen LogP contribution in [0.5, 0.6) is 5.75 Å². The van der Waals surface area contributed by atoms with Crippen molar-refractivity contribution in [3.05, 3.63) is 54.4 Å². The number of carbonyl (C=O) groups excluding carboxylic acids is 1. The molecule has 8 nitrogen and oxygen atoms in total. The van der Waals surface area contributed by atoms with E-state index in [-0.39, 0.29) is 6.54 Å². The molecule has 0 fully saturated rings. The fourth-order valence-corrected chi connectivity index (χ4v) is 2.93. The summed E-state index contributed by atoms with van der Waals surface area (Å²) in [7, 11) is -3.64. The second kappa shape index (κ2) is 8.95. The molecule has 1 amide bonds. The number of hydrogen-bond donors (Lipinski definition) is 1. The lowest BCUT2D eigenvalue weighted by Crippen LogP contribution is -2.39. The van der Waals surface area contributed by atoms with Crippen molar-refractivity contribution >= 4 is 27.8 Å². The molecule has 0 aliphatic heterocycles. The maximum absolute atomic E-state index is 12.1. The summed E-state index contributed by atoms with van der Waals surface area (Å²) in [6.45, 7) is 1.97. The summed E-state index contributed by atoms with van der Waals surface area (Å²) in [5.74, 6) is 0.0609. The van der Waals surface area contributed by atoms with Crippen LogP contribution in [0.25, 0.3) is 0 Å². The summed E-state index contributed by atoms with van der Waals surface area (Å²) < 4.78 is 30.4. The van der Waals surface area contributed by atoms with Crippen LogP contribution in [0.15, 0.2) is 53.9 Å². The molecule has 0 atom stereocenters. The number of benzene rings is 1. The maximum atomic E-state index is 12.1. The monoisotopic (exact) mass is 376 g/mol. The van der Waals surface area contributed by atoms with Crippen molar-refractivity contribution in [3.63, 3.8) is 0 Å². The summed E-state index contributed by atoms with van der Waals surface area (Å²) in [5, 5.41) is 3.81. The van der Waals surface area contributed by atoms with Gasteiger partial charge < -0.3 is 4.74 Å². The van der Waals surface area contributed by atoms with Gasteiger partial charge in [0.1, 0.15) is 12.3 Å². The van der Waals surface area contributed by atoms with Crippen LogP contribution in [-0.4, -0.2) is 44.9 Å². The number of pyridine rings is 1. The van der Waals surface area contributed by atoms with Gasteiger partial charge in [0.2, 0.25) is 10.0 Å². The maximum Gasteiger partial charge on any atom is 0.260 e. The number of amides is 1. The fraction of sp³-hybridized carbons (Fsp3) is 0.235. The lowest BCUT2D eigenvalue weighted by molar-refractivity contribution is -0.119. The van der Waals surface area contributed by atoms with Gasteiger partial charge in [0.25, 0.3) is 5.91 Å². The van der Waals surface area contributed by atoms with E-state index in [2.05, 4.69) is 15.5 Å². The molecule has 138 valence electrons. The van der Waals surface area contributed by atoms with Crippen molar-refractivity contribution in [2.45, 2.75) is 6.92 Å². The van der Waals surface area contributed by atoms with Gasteiger partial charge in [-0.15, -0.1) is 0 Å². The van der Waals surface area contributed by atoms with Crippen LogP contribution < -0.4 is 14.5 Å². The largest absolute Gasteiger partial charge is 0.494 e. The van der Waals surface area contributed by atoms with Crippen LogP contribution in [0.1, 0.15) is 12.5 Å². The van der Waals surface area contributed by atoms with Gasteiger partial charge in [-0.25, -0.2) is 13.8 Å². The molecule has 2 aromatic rings. The quantitative estimate of drug-likeness (QED) is 0.554. The van der Waals surface area contributed by atoms with Gasteiger partial charge in [-0.2, -0.15) is 5.10 Å². The fourth-order valence-electron chi connectivity index (χ4n) is 2.07. The normalized spacial score (nSPS) is 11.3. The highest BCUT2D eigenvalue weighted by atomic mass is 32.2. The zero-order valence-corrected chi connectivity index (χ0v) is 15.3. The van der Waals surface area contributed by atoms with E-state index < -0.39 is 15.9 Å². The van der Waals surface area contributed by atoms with Crippen molar-refractivity contribution in [2.24, 2.45) is 5.10 Å². The number of sulfonamides is 1. The molecular weight excluding hydrogens is 356 g/mol. The lowest BCUT2D eigenvalue weighted by atomic mass is 10.3. The summed E-state index contributed by atoms with van der Waals surface area (Å²) >= 11 is 0. The molecule has 0 aliphatic carbocycles. The Bertz CT molecular complexity index is 852. The highest BCUT2D eigenvalue weighted by Crippen LogP contribution is 2.21. The third-order valence-corrected chi connectivity index (χ3v) is 4.37. The highest BCUT2D eigenvalue weighted by molar-refractivity contribution is 7.92. The zero-order chi connectivity index (χ0) is 19.0. The van der Waals surface area contributed by atoms with E-state index in [4.69, 9.17) is 4.74 Å². The average molecular weight is 376 g/mol. The molecule has 2 rings (SSSR count). The number of hydrazone groups is 1. The molecule has 0 saturated heterocycles. The van der Waals surface area contributed by atoms with Gasteiger partial charge in [0, 0.05) is 12.4 Å². The molecule has 0 radical (unpaired) electrons. The third kappa shape index (κ3) is 5.85. The minimum atomic E-state index is -3.64. The van der Waals surface area contributed by atoms with E-state index in [1.807, 2.05) is 6.92 Å². The first-order valence-electron chi connectivity index (χ1n) is 7.82. The SMILES string of the molecule is CCOc1ccc(N(CC(=O)N/N=C/c2ccncc2)S(C)(=O)=O)cc1. The molecular formula is C17H20N4O4S. The summed E-state index contributed by atoms with van der Waals surface area (Å²) in [5.41, 5.74) is 3.44. The van der Waals surface area contributed by atoms with E-state index in [1.165, 1.54) is 6.21 Å². The topological polar surface area (TPSA) is 101 Å². The second-order valence-electron chi connectivity index (χ2n) is 5.27. The van der Waals surface area contributed by atoms with Gasteiger partial charge in [0.15, 0.2) is 0 Å². The van der Waals surface area contributed by atoms with Gasteiger partial charge >= 0.3 is 0 Å². The Balaban J connectivity index is 2.05.